The molecule has 2 N–H and O–H groups in total. The fourth-order valence-electron chi connectivity index (χ4n) is 2.31. The van der Waals surface area contributed by atoms with Crippen LogP contribution in [0.3, 0.4) is 0 Å². The Balaban J connectivity index is -0.000000576. The normalized spacial score (nSPS) is 9.27. The molecule has 1 aromatic heterocycles. The second-order valence-corrected chi connectivity index (χ2v) is 119. The first-order valence-electron chi connectivity index (χ1n) is 20.4. The lowest BCUT2D eigenvalue weighted by Crippen LogP contribution is -2.30. The van der Waals surface area contributed by atoms with E-state index in [0.29, 0.717) is 34.2 Å². The molecule has 544 valence electrons. The highest BCUT2D eigenvalue weighted by molar-refractivity contribution is 8.83. The van der Waals surface area contributed by atoms with E-state index in [0.717, 1.165) is 25.7 Å². The van der Waals surface area contributed by atoms with Crippen molar-refractivity contribution in [3.63, 3.8) is 0 Å². The first-order chi connectivity index (χ1) is 44.5. The Hall–Kier alpha value is 14.2. The first kappa shape index (κ1) is 112. The predicted octanol–water partition coefficient (Wildman–Crippen LogP) is 6.33. The van der Waals surface area contributed by atoms with Crippen molar-refractivity contribution in [2.45, 2.75) is 93.3 Å². The van der Waals surface area contributed by atoms with Gasteiger partial charge in [0.2, 0.25) is 0 Å². The molecule has 0 aliphatic carbocycles. The van der Waals surface area contributed by atoms with E-state index >= 15 is 0 Å². The van der Waals surface area contributed by atoms with Gasteiger partial charge >= 0.3 is 0 Å². The highest BCUT2D eigenvalue weighted by Gasteiger charge is 2.04. The molecular formula is C22H43NO2S66. The van der Waals surface area contributed by atoms with Gasteiger partial charge in [0.25, 0.3) is 0 Å². The minimum atomic E-state index is 0.297. The number of hydrogen-bond acceptors (Lipinski definition) is 11. The molecule has 0 spiro atoms. The highest BCUT2D eigenvalue weighted by atomic mass is 33.5. The number of aliphatic hydroxyl groups is 2. The molecule has 1 heterocycles. The van der Waals surface area contributed by atoms with Crippen LogP contribution in [0.5, 0.6) is 0 Å². The minimum Gasteiger partial charge on any atom is -0.396 e. The zero-order valence-corrected chi connectivity index (χ0v) is 98.6. The van der Waals surface area contributed by atoms with E-state index in [1.165, 1.54) is 40.5 Å². The van der Waals surface area contributed by atoms with Crippen LogP contribution in [0.15, 0.2) is 23.2 Å². The van der Waals surface area contributed by atoms with Gasteiger partial charge in [-0.15, -0.1) is 6.07 Å². The van der Waals surface area contributed by atoms with Crippen molar-refractivity contribution >= 4 is 607 Å². The molecule has 0 saturated heterocycles. The molecule has 1 aromatic rings. The van der Waals surface area contributed by atoms with Crippen molar-refractivity contribution in [2.24, 2.45) is 7.05 Å². The Morgan fingerprint density at radius 1 is 0.352 bits per heavy atom. The molecular weight excluding hydrogens is 2430 g/mol. The van der Waals surface area contributed by atoms with Crippen molar-refractivity contribution in [2.75, 3.05) is 13.2 Å². The van der Waals surface area contributed by atoms with E-state index in [1.54, 1.807) is 242 Å². The topological polar surface area (TPSA) is 44.3 Å². The molecule has 0 radical (unpaired) electrons. The number of thiol groups is 1. The van der Waals surface area contributed by atoms with Gasteiger partial charge in [0.05, 0.1) is 0 Å². The molecule has 91 heavy (non-hydrogen) atoms. The van der Waals surface area contributed by atoms with Crippen LogP contribution in [-0.2, 0) is 558 Å². The van der Waals surface area contributed by atoms with Crippen LogP contribution in [0.4, 0.5) is 0 Å². The largest absolute Gasteiger partial charge is 0.396 e. The number of aliphatic hydroxyl groups excluding tert-OH is 2. The third-order valence-corrected chi connectivity index (χ3v) is 134. The molecule has 0 aliphatic heterocycles. The van der Waals surface area contributed by atoms with Crippen LogP contribution in [0.2, 0.25) is 0 Å². The van der Waals surface area contributed by atoms with Gasteiger partial charge in [0.15, 0.2) is 0 Å². The Bertz CT molecular complexity index is 4870. The predicted molar refractivity (Wildman–Crippen MR) is 595 cm³/mol. The minimum absolute atomic E-state index is 0.297. The van der Waals surface area contributed by atoms with Crippen molar-refractivity contribution < 1.29 is 14.8 Å². The third kappa shape index (κ3) is 113. The zero-order chi connectivity index (χ0) is 67.7. The Morgan fingerprint density at radius 3 is 0.747 bits per heavy atom. The van der Waals surface area contributed by atoms with Gasteiger partial charge in [-0.3, -0.25) is 0 Å². The molecule has 0 amide bonds. The van der Waals surface area contributed by atoms with Crippen molar-refractivity contribution in [1.29, 1.82) is 0 Å². The van der Waals surface area contributed by atoms with Crippen LogP contribution in [0, 0.1) is 6.20 Å². The summed E-state index contributed by atoms with van der Waals surface area (Å²) in [5, 5.41) is 20.6. The van der Waals surface area contributed by atoms with Crippen LogP contribution in [0.25, 0.3) is 0 Å². The maximum atomic E-state index is 8.58. The Morgan fingerprint density at radius 2 is 0.571 bits per heavy atom. The molecule has 0 bridgehead atoms. The van der Waals surface area contributed by atoms with Gasteiger partial charge in [-0.1, -0.05) is 90.8 Å². The second-order valence-electron chi connectivity index (χ2n) is 11.3. The lowest BCUT2D eigenvalue weighted by Gasteiger charge is -2.10. The van der Waals surface area contributed by atoms with Crippen LogP contribution < -0.4 is 4.57 Å². The number of aromatic nitrogens is 1. The Kier molecular flexibility index (Phi) is 128. The first-order valence-corrected chi connectivity index (χ1v) is 104. The summed E-state index contributed by atoms with van der Waals surface area (Å²) in [6.45, 7) is 13.7. The summed E-state index contributed by atoms with van der Waals surface area (Å²) in [4.78, 5) is 0. The van der Waals surface area contributed by atoms with E-state index in [1.807, 2.05) is 303 Å². The average Bonchev–Trinajstić information content (AvgIpc) is 3.71. The van der Waals surface area contributed by atoms with Crippen molar-refractivity contribution in [1.82, 2.24) is 0 Å². The van der Waals surface area contributed by atoms with E-state index in [-0.39, 0.29) is 0 Å². The number of hydrogen-bond donors (Lipinski definition) is 3. The van der Waals surface area contributed by atoms with Crippen molar-refractivity contribution in [3.05, 3.63) is 24.4 Å². The van der Waals surface area contributed by atoms with Crippen LogP contribution in [0.1, 0.15) is 67.2 Å². The van der Waals surface area contributed by atoms with Gasteiger partial charge in [0.1, 0.15) is 18.3 Å². The maximum absolute atomic E-state index is 8.58. The quantitative estimate of drug-likeness (QED) is 0.0960. The van der Waals surface area contributed by atoms with E-state index in [2.05, 4.69) is 59.5 Å². The average molecular weight is 2470 g/mol. The summed E-state index contributed by atoms with van der Waals surface area (Å²) in [5.41, 5.74) is 0. The second kappa shape index (κ2) is 104. The number of rotatable bonds is 12. The van der Waals surface area contributed by atoms with Gasteiger partial charge in [0, 0.05) is 580 Å². The van der Waals surface area contributed by atoms with Gasteiger partial charge in [-0.05, 0) is 30.9 Å². The van der Waals surface area contributed by atoms with Crippen molar-refractivity contribution in [3.8, 4) is 0 Å². The van der Waals surface area contributed by atoms with Crippen LogP contribution in [-0.4, -0.2) is 44.4 Å². The highest BCUT2D eigenvalue weighted by Crippen LogP contribution is 2.32. The Labute approximate surface area is 740 Å². The number of pyridine rings is 1. The molecule has 2 unspecified atom stereocenters. The number of nitrogens with zero attached hydrogens (tertiary/aromatic N) is 1. The fraction of sp³-hybridized carbons (Fsp3) is 0.773. The summed E-state index contributed by atoms with van der Waals surface area (Å²) in [6, 6.07) is 6.05. The van der Waals surface area contributed by atoms with Gasteiger partial charge < -0.3 is 14.8 Å². The summed E-state index contributed by atoms with van der Waals surface area (Å²) in [7, 11) is 110. The monoisotopic (exact) mass is 2460 g/mol. The molecule has 0 aromatic carbocycles. The molecule has 0 saturated carbocycles. The molecule has 0 fully saturated rings. The summed E-state index contributed by atoms with van der Waals surface area (Å²) >= 11 is 23.3. The summed E-state index contributed by atoms with van der Waals surface area (Å²) in [6.07, 6.45) is 7.06. The fourth-order valence-corrected chi connectivity index (χ4v) is 152. The molecule has 69 heteroatoms. The molecule has 0 aliphatic rings. The lowest BCUT2D eigenvalue weighted by molar-refractivity contribution is -0.712. The van der Waals surface area contributed by atoms with E-state index in [4.69, 9.17) is 55.0 Å². The van der Waals surface area contributed by atoms with Crippen LogP contribution >= 0.6 is 55.8 Å². The zero-order valence-electron chi connectivity index (χ0n) is 44.6. The summed E-state index contributed by atoms with van der Waals surface area (Å²) < 4.78 is 2.01. The lowest BCUT2D eigenvalue weighted by atomic mass is 10.3. The number of aryl methyl sites for hydroxylation is 1. The third-order valence-electron chi connectivity index (χ3n) is 4.75. The molecule has 1 rings (SSSR count). The van der Waals surface area contributed by atoms with E-state index in [9.17, 15) is 0 Å². The van der Waals surface area contributed by atoms with Gasteiger partial charge in [-0.2, -0.15) is 18.7 Å². The maximum Gasteiger partial charge on any atom is 0.143 e. The van der Waals surface area contributed by atoms with E-state index < -0.39 is 0 Å². The SMILES string of the molecule is CC(C)SSC(C)CCCO.CC(C)SSc1ccc[c-][n+]1C.CC(S)CCCO.S=S=S=S=S=S=S=S=S=S=S=S=S=S=S=S=S=S=S=S=S=S=S=S=S=S=S=S=S=S.S=S=S=S=S=S=S=S=S=S=S=S=S=S=S=S=S=S=S=S=S=S=S=S=S=S=S=S=S=S=S. The molecule has 2 atom stereocenters. The van der Waals surface area contributed by atoms with Gasteiger partial charge in [-0.25, -0.2) is 0 Å². The standard InChI is InChI=1S/C9H13NS2.C8H18OS2.C5H12OS.S31.S30/c1-8(2)11-12-9-6-4-5-7-10(9)3;1-7(2)10-11-8(3)5-4-6-9;1-5(7)3-2-4-6;1-3-5-7-9-11-13-15-17-19-21-23-25-27-29-31-30-28-26-24-22-20-18-16-14-12-10-8-6-4-2;1-3-5-7-9-11-13-15-17-19-21-23-25-27-29-30-28-26-24-22-20-18-16-14-12-10-8-6-4-2/h4-6,8H,1-3H3;7-9H,4-6H2,1-3H3;5-7H,2-4H2,1H3;;. The smallest absolute Gasteiger partial charge is 0.143 e. The molecule has 3 nitrogen and oxygen atoms in total. The summed E-state index contributed by atoms with van der Waals surface area (Å²) in [5.74, 6) is 0.